The van der Waals surface area contributed by atoms with Crippen molar-refractivity contribution in [3.05, 3.63) is 213 Å². The minimum atomic E-state index is -1.60. The Morgan fingerprint density at radius 1 is 0.338 bits per heavy atom. The zero-order valence-electron chi connectivity index (χ0n) is 39.7. The van der Waals surface area contributed by atoms with Gasteiger partial charge < -0.3 is 91.2 Å². The number of aliphatic hydroxyl groups excluding tert-OH is 8. The molecule has 2 saturated heterocycles. The van der Waals surface area contributed by atoms with Crippen molar-refractivity contribution in [3.8, 4) is 11.5 Å². The summed E-state index contributed by atoms with van der Waals surface area (Å²) in [4.78, 5) is 15.3. The van der Waals surface area contributed by atoms with Gasteiger partial charge in [0.15, 0.2) is 0 Å². The van der Waals surface area contributed by atoms with Crippen LogP contribution >= 0.6 is 0 Å². The Kier molecular flexibility index (Phi) is 13.4. The van der Waals surface area contributed by atoms with Crippen molar-refractivity contribution in [1.29, 1.82) is 0 Å². The molecule has 0 spiro atoms. The highest BCUT2D eigenvalue weighted by Gasteiger charge is 2.46. The van der Waals surface area contributed by atoms with Crippen LogP contribution < -0.4 is 20.9 Å². The predicted molar refractivity (Wildman–Crippen MR) is 270 cm³/mol. The Bertz CT molecular complexity index is 2940. The number of benzene rings is 4. The molecule has 0 aliphatic carbocycles. The molecule has 384 valence electrons. The van der Waals surface area contributed by atoms with Crippen LogP contribution in [0.5, 0.6) is 11.5 Å². The van der Waals surface area contributed by atoms with Gasteiger partial charge in [-0.1, -0.05) is 48.5 Å². The van der Waals surface area contributed by atoms with E-state index >= 15 is 0 Å². The first-order valence-electron chi connectivity index (χ1n) is 24.5. The molecule has 7 heterocycles. The molecule has 11 rings (SSSR count). The van der Waals surface area contributed by atoms with Crippen molar-refractivity contribution >= 4 is 11.4 Å². The molecule has 8 aromatic rings. The van der Waals surface area contributed by atoms with E-state index < -0.39 is 86.5 Å². The van der Waals surface area contributed by atoms with Crippen molar-refractivity contribution in [2.75, 3.05) is 24.7 Å². The zero-order chi connectivity index (χ0) is 51.4. The molecule has 18 heteroatoms. The lowest BCUT2D eigenvalue weighted by Crippen LogP contribution is -2.60. The number of nitrogens with two attached hydrogens (primary N) is 2. The van der Waals surface area contributed by atoms with Crippen LogP contribution in [0.3, 0.4) is 0 Å². The van der Waals surface area contributed by atoms with Gasteiger partial charge in [0.05, 0.1) is 36.9 Å². The molecule has 4 aromatic carbocycles. The number of aliphatic hydroxyl groups is 8. The van der Waals surface area contributed by atoms with Gasteiger partial charge in [-0.25, -0.2) is 0 Å². The second-order valence-corrected chi connectivity index (χ2v) is 19.3. The van der Waals surface area contributed by atoms with Gasteiger partial charge in [-0.3, -0.25) is 0 Å². The van der Waals surface area contributed by atoms with Crippen LogP contribution in [-0.2, 0) is 9.47 Å². The van der Waals surface area contributed by atoms with Gasteiger partial charge in [0.2, 0.25) is 12.6 Å². The molecule has 4 unspecified atom stereocenters. The number of nitrogens with one attached hydrogen (secondary N) is 4. The Labute approximate surface area is 424 Å². The number of aromatic nitrogens is 4. The summed E-state index contributed by atoms with van der Waals surface area (Å²) in [7, 11) is 0. The molecule has 14 atom stereocenters. The fraction of sp³-hybridized carbons (Fsp3) is 0.286. The molecule has 4 aromatic heterocycles. The summed E-state index contributed by atoms with van der Waals surface area (Å²) in [5.74, 6) is -0.748. The van der Waals surface area contributed by atoms with Crippen LogP contribution in [0.4, 0.5) is 11.4 Å². The van der Waals surface area contributed by atoms with Crippen LogP contribution in [-0.4, -0.2) is 135 Å². The van der Waals surface area contributed by atoms with Crippen LogP contribution in [0.15, 0.2) is 146 Å². The van der Waals surface area contributed by atoms with Gasteiger partial charge in [-0.2, -0.15) is 0 Å². The van der Waals surface area contributed by atoms with Crippen molar-refractivity contribution in [1.82, 2.24) is 19.9 Å². The van der Waals surface area contributed by atoms with Crippen molar-refractivity contribution < 1.29 is 59.8 Å². The third kappa shape index (κ3) is 9.26. The lowest BCUT2D eigenvalue weighted by molar-refractivity contribution is -0.277. The van der Waals surface area contributed by atoms with E-state index in [4.69, 9.17) is 30.4 Å². The van der Waals surface area contributed by atoms with E-state index in [1.807, 2.05) is 72.8 Å². The molecular formula is C56H58N6O12. The highest BCUT2D eigenvalue weighted by Crippen LogP contribution is 2.42. The van der Waals surface area contributed by atoms with E-state index in [9.17, 15) is 40.9 Å². The molecule has 74 heavy (non-hydrogen) atoms. The Morgan fingerprint density at radius 2 is 0.581 bits per heavy atom. The molecule has 3 aliphatic heterocycles. The van der Waals surface area contributed by atoms with Gasteiger partial charge in [0, 0.05) is 56.9 Å². The largest absolute Gasteiger partial charge is 0.462 e. The van der Waals surface area contributed by atoms with Gasteiger partial charge in [0.25, 0.3) is 0 Å². The number of anilines is 2. The van der Waals surface area contributed by atoms with Crippen molar-refractivity contribution in [2.24, 2.45) is 0 Å². The molecule has 0 radical (unpaired) electrons. The summed E-state index contributed by atoms with van der Waals surface area (Å²) in [5.41, 5.74) is 24.6. The second-order valence-electron chi connectivity index (χ2n) is 19.3. The smallest absolute Gasteiger partial charge is 0.229 e. The maximum Gasteiger partial charge on any atom is 0.229 e. The first-order chi connectivity index (χ1) is 35.8. The Hall–Kier alpha value is -7.20. The number of H-pyrrole nitrogens is 4. The molecule has 3 aliphatic rings. The molecule has 0 amide bonds. The van der Waals surface area contributed by atoms with E-state index in [0.717, 1.165) is 67.8 Å². The van der Waals surface area contributed by atoms with E-state index in [-0.39, 0.29) is 11.8 Å². The minimum absolute atomic E-state index is 0.275. The maximum atomic E-state index is 10.7. The highest BCUT2D eigenvalue weighted by atomic mass is 16.7. The van der Waals surface area contributed by atoms with Gasteiger partial charge >= 0.3 is 0 Å². The standard InChI is InChI=1S/C56H58N6O12/c57-31-9-1-27(2-10-31)45-35-17-18-36(59-35)46(28-3-11-32(58)12-4-28)38-20-22-40(61-38)48(30-7-15-34(16-8-30)72-56-54(70)52(68)50(66)44(26-64)74-56)42-24-23-41(62-42)47(39-21-19-37(45)60-39)29-5-13-33(14-6-29)71-55-53(69)51(67)49(65)43(25-63)73-55/h1-24,43-56,59-70H,25-26,57-58H2/t43-,44-,45?,46?,47?,48?,49+,50+,51-,52-,53-,54-,55+,56+/m0/s1. The van der Waals surface area contributed by atoms with Crippen LogP contribution in [0.25, 0.3) is 0 Å². The third-order valence-electron chi connectivity index (χ3n) is 14.6. The average molecular weight is 1010 g/mol. The highest BCUT2D eigenvalue weighted by molar-refractivity contribution is 5.52. The van der Waals surface area contributed by atoms with Crippen LogP contribution in [0.1, 0.15) is 91.5 Å². The summed E-state index contributed by atoms with van der Waals surface area (Å²) >= 11 is 0. The second kappa shape index (κ2) is 20.3. The molecule has 16 N–H and O–H groups in total. The number of rotatable bonds is 10. The zero-order valence-corrected chi connectivity index (χ0v) is 39.7. The number of ether oxygens (including phenoxy) is 4. The monoisotopic (exact) mass is 1010 g/mol. The lowest BCUT2D eigenvalue weighted by Gasteiger charge is -2.39. The van der Waals surface area contributed by atoms with Gasteiger partial charge in [-0.05, 0) is 119 Å². The van der Waals surface area contributed by atoms with E-state index in [1.165, 1.54) is 0 Å². The molecule has 0 saturated carbocycles. The van der Waals surface area contributed by atoms with Gasteiger partial charge in [0.1, 0.15) is 60.3 Å². The molecule has 18 nitrogen and oxygen atoms in total. The summed E-state index contributed by atoms with van der Waals surface area (Å²) in [6, 6.07) is 46.9. The van der Waals surface area contributed by atoms with Crippen molar-refractivity contribution in [2.45, 2.75) is 85.1 Å². The average Bonchev–Trinajstić information content (AvgIpc) is 4.27. The first kappa shape index (κ1) is 49.0. The number of nitrogen functional groups attached to an aromatic ring is 2. The number of aromatic amines is 4. The molecule has 8 bridgehead atoms. The fourth-order valence-electron chi connectivity index (χ4n) is 10.6. The van der Waals surface area contributed by atoms with Crippen molar-refractivity contribution in [3.63, 3.8) is 0 Å². The Balaban J connectivity index is 1.02. The first-order valence-corrected chi connectivity index (χ1v) is 24.5. The maximum absolute atomic E-state index is 10.7. The summed E-state index contributed by atoms with van der Waals surface area (Å²) in [5, 5.41) is 82.6. The van der Waals surface area contributed by atoms with Gasteiger partial charge in [-0.15, -0.1) is 0 Å². The predicted octanol–water partition coefficient (Wildman–Crippen LogP) is 3.56. The van der Waals surface area contributed by atoms with E-state index in [0.29, 0.717) is 22.9 Å². The number of hydrogen-bond acceptors (Lipinski definition) is 14. The Morgan fingerprint density at radius 3 is 0.824 bits per heavy atom. The lowest BCUT2D eigenvalue weighted by atomic mass is 9.92. The van der Waals surface area contributed by atoms with Crippen LogP contribution in [0.2, 0.25) is 0 Å². The summed E-state index contributed by atoms with van der Waals surface area (Å²) < 4.78 is 23.3. The quantitative estimate of drug-likeness (QED) is 0.0872. The normalized spacial score (nSPS) is 28.9. The minimum Gasteiger partial charge on any atom is -0.462 e. The number of hydrogen-bond donors (Lipinski definition) is 14. The fourth-order valence-corrected chi connectivity index (χ4v) is 10.6. The number of fused-ring (bicyclic) bond motifs is 8. The summed E-state index contributed by atoms with van der Waals surface area (Å²) in [6.07, 6.45) is -14.4. The summed E-state index contributed by atoms with van der Waals surface area (Å²) in [6.45, 7) is -1.18. The van der Waals surface area contributed by atoms with Crippen LogP contribution in [0, 0.1) is 0 Å². The molecule has 2 fully saturated rings. The van der Waals surface area contributed by atoms with E-state index in [2.05, 4.69) is 68.5 Å². The SMILES string of the molecule is Nc1ccc(C2c3ccc([nH]3)C(c3ccc(N)cc3)c3ccc([nH]3)C(c3ccc(O[C@@H]4O[C@@H](CO)[C@@H](O)[C@H](O)[C@@H]4O)cc3)c3ccc([nH]3)C(c3ccc(O[C@@H]4O[C@@H](CO)[C@@H](O)[C@H](O)[C@@H]4O)cc3)c3ccc2[nH]3)cc1. The topological polar surface area (TPSA) is 314 Å². The van der Waals surface area contributed by atoms with E-state index in [1.54, 1.807) is 24.3 Å². The third-order valence-corrected chi connectivity index (χ3v) is 14.6. The molecular weight excluding hydrogens is 949 g/mol.